The summed E-state index contributed by atoms with van der Waals surface area (Å²) < 4.78 is 42.5. The third kappa shape index (κ3) is 6.26. The van der Waals surface area contributed by atoms with Crippen molar-refractivity contribution < 1.29 is 37.0 Å². The van der Waals surface area contributed by atoms with Gasteiger partial charge in [-0.1, -0.05) is 0 Å². The number of nitrogens with zero attached hydrogens (tertiary/aromatic N) is 2. The van der Waals surface area contributed by atoms with Crippen molar-refractivity contribution in [1.82, 2.24) is 9.21 Å². The molecule has 0 aliphatic carbocycles. The van der Waals surface area contributed by atoms with Crippen LogP contribution >= 0.6 is 0 Å². The van der Waals surface area contributed by atoms with E-state index in [0.717, 1.165) is 0 Å². The number of esters is 2. The number of amides is 1. The lowest BCUT2D eigenvalue weighted by Gasteiger charge is -2.31. The summed E-state index contributed by atoms with van der Waals surface area (Å²) >= 11 is 0. The molecule has 0 atom stereocenters. The molecule has 0 aromatic heterocycles. The second kappa shape index (κ2) is 11.7. The Labute approximate surface area is 200 Å². The molecule has 2 saturated heterocycles. The molecule has 0 N–H and O–H groups in total. The molecule has 10 nitrogen and oxygen atoms in total. The Morgan fingerprint density at radius 1 is 0.912 bits per heavy atom. The average molecular weight is 497 g/mol. The van der Waals surface area contributed by atoms with Gasteiger partial charge in [0.1, 0.15) is 5.75 Å². The smallest absolute Gasteiger partial charge is 0.309 e. The lowest BCUT2D eigenvalue weighted by Crippen LogP contribution is -2.43. The van der Waals surface area contributed by atoms with Crippen LogP contribution in [-0.4, -0.2) is 82.0 Å². The molecule has 2 aliphatic heterocycles. The van der Waals surface area contributed by atoms with E-state index >= 15 is 0 Å². The van der Waals surface area contributed by atoms with Gasteiger partial charge in [0.05, 0.1) is 30.4 Å². The Kier molecular flexibility index (Phi) is 8.90. The van der Waals surface area contributed by atoms with E-state index < -0.39 is 21.9 Å². The zero-order valence-corrected chi connectivity index (χ0v) is 20.4. The highest BCUT2D eigenvalue weighted by Gasteiger charge is 2.34. The van der Waals surface area contributed by atoms with Gasteiger partial charge in [-0.2, -0.15) is 4.31 Å². The number of hydrogen-bond acceptors (Lipinski definition) is 8. The number of hydrogen-bond donors (Lipinski definition) is 0. The molecule has 1 aromatic rings. The number of sulfonamides is 1. The molecule has 1 amide bonds. The molecule has 2 aliphatic rings. The highest BCUT2D eigenvalue weighted by Crippen LogP contribution is 2.26. The largest absolute Gasteiger partial charge is 0.494 e. The third-order valence-corrected chi connectivity index (χ3v) is 8.19. The van der Waals surface area contributed by atoms with E-state index in [1.54, 1.807) is 17.0 Å². The van der Waals surface area contributed by atoms with Gasteiger partial charge in [-0.25, -0.2) is 8.42 Å². The van der Waals surface area contributed by atoms with E-state index in [4.69, 9.17) is 14.2 Å². The number of benzene rings is 1. The first kappa shape index (κ1) is 26.0. The van der Waals surface area contributed by atoms with Crippen LogP contribution in [0.15, 0.2) is 29.2 Å². The van der Waals surface area contributed by atoms with Crippen molar-refractivity contribution >= 4 is 27.9 Å². The summed E-state index contributed by atoms with van der Waals surface area (Å²) in [6.07, 6.45) is 1.70. The molecule has 2 heterocycles. The molecule has 34 heavy (non-hydrogen) atoms. The van der Waals surface area contributed by atoms with Crippen LogP contribution in [0.5, 0.6) is 5.75 Å². The van der Waals surface area contributed by atoms with Crippen LogP contribution in [0.25, 0.3) is 0 Å². The highest BCUT2D eigenvalue weighted by atomic mass is 32.2. The fraction of sp³-hybridized carbons (Fsp3) is 0.609. The van der Waals surface area contributed by atoms with Crippen LogP contribution in [-0.2, 0) is 33.9 Å². The number of likely N-dealkylation sites (tertiary alicyclic amines) is 1. The normalized spacial score (nSPS) is 18.4. The summed E-state index contributed by atoms with van der Waals surface area (Å²) in [6.45, 7) is 3.22. The quantitative estimate of drug-likeness (QED) is 0.496. The zero-order chi connectivity index (χ0) is 24.7. The van der Waals surface area contributed by atoms with Gasteiger partial charge in [0.2, 0.25) is 10.0 Å². The number of rotatable bonds is 8. The minimum atomic E-state index is -3.66. The monoisotopic (exact) mass is 496 g/mol. The van der Waals surface area contributed by atoms with Gasteiger partial charge in [-0.15, -0.1) is 0 Å². The summed E-state index contributed by atoms with van der Waals surface area (Å²) in [6, 6.07) is 6.27. The maximum Gasteiger partial charge on any atom is 0.309 e. The van der Waals surface area contributed by atoms with Crippen LogP contribution < -0.4 is 4.74 Å². The summed E-state index contributed by atoms with van der Waals surface area (Å²) in [5.41, 5.74) is 0. The summed E-state index contributed by atoms with van der Waals surface area (Å²) in [5, 5.41) is 0. The van der Waals surface area contributed by atoms with Crippen LogP contribution in [0.4, 0.5) is 0 Å². The number of methoxy groups -OCH3 is 1. The third-order valence-electron chi connectivity index (χ3n) is 6.28. The number of carbonyl (C=O) groups is 3. The fourth-order valence-corrected chi connectivity index (χ4v) is 5.70. The maximum absolute atomic E-state index is 12.9. The van der Waals surface area contributed by atoms with Crippen molar-refractivity contribution in [2.45, 2.75) is 37.5 Å². The van der Waals surface area contributed by atoms with Gasteiger partial charge < -0.3 is 19.1 Å². The molecular formula is C23H32N2O8S. The van der Waals surface area contributed by atoms with Gasteiger partial charge in [-0.3, -0.25) is 14.4 Å². The zero-order valence-electron chi connectivity index (χ0n) is 19.6. The molecular weight excluding hydrogens is 464 g/mol. The van der Waals surface area contributed by atoms with Crippen molar-refractivity contribution in [3.8, 4) is 5.75 Å². The molecule has 0 radical (unpaired) electrons. The SMILES string of the molecule is CCOc1ccc(S(=O)(=O)N2CCC(C(=O)OCC(=O)N3CCC(C(=O)OC)CC3)CC2)cc1. The molecule has 0 spiro atoms. The summed E-state index contributed by atoms with van der Waals surface area (Å²) in [4.78, 5) is 38.2. The topological polar surface area (TPSA) is 120 Å². The Bertz CT molecular complexity index is 963. The molecule has 0 saturated carbocycles. The first-order valence-electron chi connectivity index (χ1n) is 11.5. The van der Waals surface area contributed by atoms with Crippen LogP contribution in [0, 0.1) is 11.8 Å². The van der Waals surface area contributed by atoms with Crippen LogP contribution in [0.2, 0.25) is 0 Å². The Balaban J connectivity index is 1.43. The Morgan fingerprint density at radius 3 is 2.03 bits per heavy atom. The minimum absolute atomic E-state index is 0.179. The minimum Gasteiger partial charge on any atom is -0.494 e. The van der Waals surface area contributed by atoms with E-state index in [2.05, 4.69) is 0 Å². The van der Waals surface area contributed by atoms with E-state index in [-0.39, 0.29) is 42.4 Å². The Hall–Kier alpha value is -2.66. The standard InChI is InChI=1S/C23H32N2O8S/c1-3-32-19-4-6-20(7-5-19)34(29,30)25-14-10-18(11-15-25)23(28)33-16-21(26)24-12-8-17(9-13-24)22(27)31-2/h4-7,17-18H,3,8-16H2,1-2H3. The Morgan fingerprint density at radius 2 is 1.47 bits per heavy atom. The molecule has 1 aromatic carbocycles. The molecule has 11 heteroatoms. The summed E-state index contributed by atoms with van der Waals surface area (Å²) in [5.74, 6) is -1.12. The van der Waals surface area contributed by atoms with E-state index in [1.165, 1.54) is 23.5 Å². The van der Waals surface area contributed by atoms with E-state index in [0.29, 0.717) is 51.1 Å². The van der Waals surface area contributed by atoms with Gasteiger partial charge in [0, 0.05) is 26.2 Å². The van der Waals surface area contributed by atoms with Gasteiger partial charge in [0.25, 0.3) is 5.91 Å². The fourth-order valence-electron chi connectivity index (χ4n) is 4.23. The molecule has 0 bridgehead atoms. The number of carbonyl (C=O) groups excluding carboxylic acids is 3. The molecule has 2 fully saturated rings. The van der Waals surface area contributed by atoms with Crippen molar-refractivity contribution in [3.63, 3.8) is 0 Å². The van der Waals surface area contributed by atoms with Crippen molar-refractivity contribution in [2.75, 3.05) is 46.5 Å². The van der Waals surface area contributed by atoms with Gasteiger partial charge in [-0.05, 0) is 56.9 Å². The summed E-state index contributed by atoms with van der Waals surface area (Å²) in [7, 11) is -2.32. The highest BCUT2D eigenvalue weighted by molar-refractivity contribution is 7.89. The average Bonchev–Trinajstić information content (AvgIpc) is 2.87. The lowest BCUT2D eigenvalue weighted by molar-refractivity contribution is -0.157. The molecule has 0 unspecified atom stereocenters. The van der Waals surface area contributed by atoms with Gasteiger partial charge in [0.15, 0.2) is 6.61 Å². The lowest BCUT2D eigenvalue weighted by atomic mass is 9.97. The van der Waals surface area contributed by atoms with E-state index in [9.17, 15) is 22.8 Å². The second-order valence-electron chi connectivity index (χ2n) is 8.37. The van der Waals surface area contributed by atoms with Crippen molar-refractivity contribution in [1.29, 1.82) is 0 Å². The predicted octanol–water partition coefficient (Wildman–Crippen LogP) is 1.44. The first-order chi connectivity index (χ1) is 16.3. The molecule has 188 valence electrons. The number of ether oxygens (including phenoxy) is 3. The van der Waals surface area contributed by atoms with E-state index in [1.807, 2.05) is 6.92 Å². The van der Waals surface area contributed by atoms with Crippen molar-refractivity contribution in [3.05, 3.63) is 24.3 Å². The first-order valence-corrected chi connectivity index (χ1v) is 13.0. The van der Waals surface area contributed by atoms with Crippen molar-refractivity contribution in [2.24, 2.45) is 11.8 Å². The van der Waals surface area contributed by atoms with Crippen LogP contribution in [0.3, 0.4) is 0 Å². The maximum atomic E-state index is 12.9. The number of piperidine rings is 2. The van der Waals surface area contributed by atoms with Gasteiger partial charge >= 0.3 is 11.9 Å². The second-order valence-corrected chi connectivity index (χ2v) is 10.3. The molecule has 3 rings (SSSR count). The predicted molar refractivity (Wildman–Crippen MR) is 121 cm³/mol. The van der Waals surface area contributed by atoms with Crippen LogP contribution in [0.1, 0.15) is 32.6 Å².